The van der Waals surface area contributed by atoms with E-state index in [0.717, 1.165) is 16.8 Å². The summed E-state index contributed by atoms with van der Waals surface area (Å²) in [5, 5.41) is 9.58. The Morgan fingerprint density at radius 3 is 2.78 bits per heavy atom. The molecule has 0 radical (unpaired) electrons. The van der Waals surface area contributed by atoms with Crippen molar-refractivity contribution in [1.29, 1.82) is 0 Å². The molecule has 2 aromatic rings. The number of carbonyl (C=O) groups is 1. The van der Waals surface area contributed by atoms with Crippen molar-refractivity contribution in [3.05, 3.63) is 57.5 Å². The standard InChI is InChI=1S/C18H20N2O3/c1-11-8-16(17(22)19-12(11)2)13-4-3-5-14(9-13)18(23)20-7-6-15(21)10-20/h3-5,8-9,15,21H,6-7,10H2,1-2H3,(H,19,22)/t15-/m1/s1. The number of aryl methyl sites for hydroxylation is 2. The molecule has 0 bridgehead atoms. The number of rotatable bonds is 2. The normalized spacial score (nSPS) is 17.5. The van der Waals surface area contributed by atoms with Crippen LogP contribution in [-0.4, -0.2) is 40.1 Å². The van der Waals surface area contributed by atoms with Gasteiger partial charge in [-0.15, -0.1) is 0 Å². The van der Waals surface area contributed by atoms with Gasteiger partial charge in [-0.05, 0) is 49.6 Å². The summed E-state index contributed by atoms with van der Waals surface area (Å²) < 4.78 is 0. The fourth-order valence-corrected chi connectivity index (χ4v) is 2.87. The van der Waals surface area contributed by atoms with E-state index in [1.165, 1.54) is 0 Å². The van der Waals surface area contributed by atoms with Crippen LogP contribution in [0.3, 0.4) is 0 Å². The Morgan fingerprint density at radius 2 is 2.09 bits per heavy atom. The van der Waals surface area contributed by atoms with Gasteiger partial charge in [-0.1, -0.05) is 12.1 Å². The minimum atomic E-state index is -0.440. The molecule has 5 heteroatoms. The van der Waals surface area contributed by atoms with Crippen LogP contribution in [0, 0.1) is 13.8 Å². The summed E-state index contributed by atoms with van der Waals surface area (Å²) in [6, 6.07) is 8.94. The maximum absolute atomic E-state index is 12.5. The lowest BCUT2D eigenvalue weighted by molar-refractivity contribution is 0.0765. The maximum Gasteiger partial charge on any atom is 0.256 e. The summed E-state index contributed by atoms with van der Waals surface area (Å²) in [6.07, 6.45) is 0.173. The maximum atomic E-state index is 12.5. The predicted octanol–water partition coefficient (Wildman–Crippen LogP) is 1.87. The van der Waals surface area contributed by atoms with Gasteiger partial charge < -0.3 is 15.0 Å². The largest absolute Gasteiger partial charge is 0.391 e. The van der Waals surface area contributed by atoms with Gasteiger partial charge in [0.1, 0.15) is 0 Å². The molecule has 1 aliphatic rings. The summed E-state index contributed by atoms with van der Waals surface area (Å²) in [4.78, 5) is 29.2. The molecule has 2 N–H and O–H groups in total. The second-order valence-corrected chi connectivity index (χ2v) is 6.09. The number of hydrogen-bond acceptors (Lipinski definition) is 3. The highest BCUT2D eigenvalue weighted by Crippen LogP contribution is 2.21. The number of β-amino-alcohol motifs (C(OH)–C–C–N with tert-alkyl or cyclic N) is 1. The van der Waals surface area contributed by atoms with Gasteiger partial charge in [0.2, 0.25) is 0 Å². The van der Waals surface area contributed by atoms with Gasteiger partial charge in [-0.25, -0.2) is 0 Å². The lowest BCUT2D eigenvalue weighted by Crippen LogP contribution is -2.29. The third-order valence-corrected chi connectivity index (χ3v) is 4.37. The first kappa shape index (κ1) is 15.5. The number of aromatic amines is 1. The van der Waals surface area contributed by atoms with E-state index < -0.39 is 6.10 Å². The number of pyridine rings is 1. The Bertz CT molecular complexity index is 810. The molecule has 0 spiro atoms. The first-order valence-electron chi connectivity index (χ1n) is 7.74. The molecule has 0 unspecified atom stereocenters. The number of hydrogen-bond donors (Lipinski definition) is 2. The second-order valence-electron chi connectivity index (χ2n) is 6.09. The number of nitrogens with one attached hydrogen (secondary N) is 1. The predicted molar refractivity (Wildman–Crippen MR) is 88.5 cm³/mol. The molecule has 0 aliphatic carbocycles. The molecule has 1 aliphatic heterocycles. The first-order valence-corrected chi connectivity index (χ1v) is 7.74. The Hall–Kier alpha value is -2.40. The van der Waals surface area contributed by atoms with Crippen molar-refractivity contribution in [2.24, 2.45) is 0 Å². The highest BCUT2D eigenvalue weighted by molar-refractivity contribution is 5.95. The van der Waals surface area contributed by atoms with Crippen LogP contribution >= 0.6 is 0 Å². The lowest BCUT2D eigenvalue weighted by atomic mass is 10.0. The molecule has 5 nitrogen and oxygen atoms in total. The van der Waals surface area contributed by atoms with E-state index in [4.69, 9.17) is 0 Å². The van der Waals surface area contributed by atoms with E-state index in [0.29, 0.717) is 30.6 Å². The monoisotopic (exact) mass is 312 g/mol. The quantitative estimate of drug-likeness (QED) is 0.889. The SMILES string of the molecule is Cc1cc(-c2cccc(C(=O)N3CC[C@@H](O)C3)c2)c(=O)[nH]c1C. The summed E-state index contributed by atoms with van der Waals surface area (Å²) >= 11 is 0. The van der Waals surface area contributed by atoms with Crippen LogP contribution in [0.1, 0.15) is 28.0 Å². The first-order chi connectivity index (χ1) is 11.0. The van der Waals surface area contributed by atoms with Crippen LogP contribution < -0.4 is 5.56 Å². The van der Waals surface area contributed by atoms with Crippen molar-refractivity contribution >= 4 is 5.91 Å². The van der Waals surface area contributed by atoms with Gasteiger partial charge in [-0.2, -0.15) is 0 Å². The topological polar surface area (TPSA) is 73.4 Å². The lowest BCUT2D eigenvalue weighted by Gasteiger charge is -2.16. The highest BCUT2D eigenvalue weighted by Gasteiger charge is 2.25. The molecule has 23 heavy (non-hydrogen) atoms. The number of amides is 1. The average Bonchev–Trinajstić information content (AvgIpc) is 2.97. The summed E-state index contributed by atoms with van der Waals surface area (Å²) in [6.45, 7) is 4.73. The molecule has 1 atom stereocenters. The van der Waals surface area contributed by atoms with Crippen molar-refractivity contribution in [3.63, 3.8) is 0 Å². The Kier molecular flexibility index (Phi) is 4.05. The molecule has 120 valence electrons. The zero-order chi connectivity index (χ0) is 16.6. The summed E-state index contributed by atoms with van der Waals surface area (Å²) in [5.74, 6) is -0.108. The Morgan fingerprint density at radius 1 is 1.30 bits per heavy atom. The van der Waals surface area contributed by atoms with Crippen molar-refractivity contribution in [1.82, 2.24) is 9.88 Å². The van der Waals surface area contributed by atoms with Gasteiger partial charge >= 0.3 is 0 Å². The molecule has 0 saturated carbocycles. The number of aliphatic hydroxyl groups is 1. The summed E-state index contributed by atoms with van der Waals surface area (Å²) in [7, 11) is 0. The number of aliphatic hydroxyl groups excluding tert-OH is 1. The Balaban J connectivity index is 1.96. The van der Waals surface area contributed by atoms with Gasteiger partial charge in [0.05, 0.1) is 6.10 Å². The van der Waals surface area contributed by atoms with Gasteiger partial charge in [0.15, 0.2) is 0 Å². The van der Waals surface area contributed by atoms with Gasteiger partial charge in [0.25, 0.3) is 11.5 Å². The van der Waals surface area contributed by atoms with Crippen LogP contribution in [-0.2, 0) is 0 Å². The minimum absolute atomic E-state index is 0.108. The molecule has 1 fully saturated rings. The van der Waals surface area contributed by atoms with E-state index in [1.54, 1.807) is 23.1 Å². The number of benzene rings is 1. The molecule has 1 aromatic heterocycles. The molecular weight excluding hydrogens is 292 g/mol. The molecule has 1 amide bonds. The fourth-order valence-electron chi connectivity index (χ4n) is 2.87. The summed E-state index contributed by atoms with van der Waals surface area (Å²) in [5.41, 5.74) is 3.50. The van der Waals surface area contributed by atoms with Crippen LogP contribution in [0.15, 0.2) is 35.1 Å². The van der Waals surface area contributed by atoms with Gasteiger partial charge in [0, 0.05) is 29.9 Å². The fraction of sp³-hybridized carbons (Fsp3) is 0.333. The smallest absolute Gasteiger partial charge is 0.256 e. The van der Waals surface area contributed by atoms with E-state index >= 15 is 0 Å². The van der Waals surface area contributed by atoms with E-state index in [1.807, 2.05) is 26.0 Å². The van der Waals surface area contributed by atoms with Crippen molar-refractivity contribution in [3.8, 4) is 11.1 Å². The zero-order valence-corrected chi connectivity index (χ0v) is 13.3. The van der Waals surface area contributed by atoms with Crippen LogP contribution in [0.5, 0.6) is 0 Å². The van der Waals surface area contributed by atoms with E-state index in [2.05, 4.69) is 4.98 Å². The Labute approximate surface area is 134 Å². The molecule has 3 rings (SSSR count). The van der Waals surface area contributed by atoms with E-state index in [-0.39, 0.29) is 11.5 Å². The number of likely N-dealkylation sites (tertiary alicyclic amines) is 1. The molecule has 1 saturated heterocycles. The average molecular weight is 312 g/mol. The highest BCUT2D eigenvalue weighted by atomic mass is 16.3. The van der Waals surface area contributed by atoms with Crippen molar-refractivity contribution in [2.45, 2.75) is 26.4 Å². The van der Waals surface area contributed by atoms with Crippen LogP contribution in [0.2, 0.25) is 0 Å². The zero-order valence-electron chi connectivity index (χ0n) is 13.3. The third kappa shape index (κ3) is 3.05. The molecule has 1 aromatic carbocycles. The van der Waals surface area contributed by atoms with Gasteiger partial charge in [-0.3, -0.25) is 9.59 Å². The number of aromatic nitrogens is 1. The molecular formula is C18H20N2O3. The van der Waals surface area contributed by atoms with Crippen LogP contribution in [0.4, 0.5) is 0 Å². The van der Waals surface area contributed by atoms with E-state index in [9.17, 15) is 14.7 Å². The van der Waals surface area contributed by atoms with Crippen LogP contribution in [0.25, 0.3) is 11.1 Å². The second kappa shape index (κ2) is 6.01. The third-order valence-electron chi connectivity index (χ3n) is 4.37. The van der Waals surface area contributed by atoms with Crippen molar-refractivity contribution < 1.29 is 9.90 Å². The minimum Gasteiger partial charge on any atom is -0.391 e. The number of nitrogens with zero attached hydrogens (tertiary/aromatic N) is 1. The number of carbonyl (C=O) groups excluding carboxylic acids is 1. The van der Waals surface area contributed by atoms with Crippen molar-refractivity contribution in [2.75, 3.05) is 13.1 Å². The molecule has 2 heterocycles. The number of H-pyrrole nitrogens is 1.